The van der Waals surface area contributed by atoms with E-state index in [4.69, 9.17) is 0 Å². The molecule has 0 unspecified atom stereocenters. The minimum atomic E-state index is -0.286. The number of aryl methyl sites for hydroxylation is 1. The van der Waals surface area contributed by atoms with Gasteiger partial charge in [-0.2, -0.15) is 0 Å². The number of hydrogen-bond donors (Lipinski definition) is 0. The Bertz CT molecular complexity index is 936. The number of fused-ring (bicyclic) bond motifs is 2. The van der Waals surface area contributed by atoms with E-state index < -0.39 is 0 Å². The topological polar surface area (TPSA) is 35.1 Å². The van der Waals surface area contributed by atoms with Crippen molar-refractivity contribution in [2.24, 2.45) is 7.05 Å². The molecule has 0 radical (unpaired) electrons. The van der Waals surface area contributed by atoms with Crippen molar-refractivity contribution in [3.63, 3.8) is 0 Å². The van der Waals surface area contributed by atoms with Crippen LogP contribution < -0.4 is 0 Å². The van der Waals surface area contributed by atoms with Crippen molar-refractivity contribution < 1.29 is 4.39 Å². The number of hydrogen-bond acceptors (Lipinski definition) is 2. The summed E-state index contributed by atoms with van der Waals surface area (Å²) >= 11 is 0. The van der Waals surface area contributed by atoms with Crippen LogP contribution in [0.5, 0.6) is 0 Å². The van der Waals surface area contributed by atoms with Gasteiger partial charge in [0.05, 0.1) is 11.0 Å². The van der Waals surface area contributed by atoms with Gasteiger partial charge in [-0.1, -0.05) is 12.1 Å². The normalized spacial score (nSPS) is 11.5. The average molecular weight is 266 g/mol. The first-order valence-corrected chi connectivity index (χ1v) is 6.28. The van der Waals surface area contributed by atoms with E-state index in [9.17, 15) is 4.39 Å². The Hall–Kier alpha value is -2.69. The summed E-state index contributed by atoms with van der Waals surface area (Å²) in [7, 11) is 1.95. The molecule has 0 aliphatic rings. The van der Waals surface area contributed by atoms with Crippen molar-refractivity contribution in [1.29, 1.82) is 0 Å². The van der Waals surface area contributed by atoms with E-state index in [0.29, 0.717) is 5.65 Å². The maximum Gasteiger partial charge on any atom is 0.161 e. The molecule has 0 aliphatic carbocycles. The van der Waals surface area contributed by atoms with Crippen LogP contribution >= 0.6 is 0 Å². The lowest BCUT2D eigenvalue weighted by molar-refractivity contribution is 0.619. The lowest BCUT2D eigenvalue weighted by Gasteiger charge is -1.97. The van der Waals surface area contributed by atoms with E-state index in [1.807, 2.05) is 35.9 Å². The van der Waals surface area contributed by atoms with Crippen LogP contribution in [0.4, 0.5) is 4.39 Å². The maximum atomic E-state index is 13.2. The first-order chi connectivity index (χ1) is 9.72. The van der Waals surface area contributed by atoms with Crippen LogP contribution in [0.1, 0.15) is 0 Å². The zero-order chi connectivity index (χ0) is 13.7. The molecular weight excluding hydrogens is 255 g/mol. The molecule has 0 fully saturated rings. The molecule has 4 aromatic rings. The van der Waals surface area contributed by atoms with Crippen molar-refractivity contribution in [3.05, 3.63) is 54.6 Å². The van der Waals surface area contributed by atoms with Gasteiger partial charge in [-0.05, 0) is 24.3 Å². The largest absolute Gasteiger partial charge is 0.326 e. The van der Waals surface area contributed by atoms with Gasteiger partial charge in [0.1, 0.15) is 17.2 Å². The number of aromatic nitrogens is 4. The molecule has 0 atom stereocenters. The van der Waals surface area contributed by atoms with Crippen molar-refractivity contribution in [2.75, 3.05) is 0 Å². The molecule has 0 saturated heterocycles. The van der Waals surface area contributed by atoms with Gasteiger partial charge in [0.25, 0.3) is 0 Å². The van der Waals surface area contributed by atoms with E-state index in [-0.39, 0.29) is 5.82 Å². The molecule has 3 heterocycles. The minimum Gasteiger partial charge on any atom is -0.326 e. The summed E-state index contributed by atoms with van der Waals surface area (Å²) in [6.07, 6.45) is 3.20. The van der Waals surface area contributed by atoms with Crippen molar-refractivity contribution >= 4 is 16.7 Å². The third-order valence-electron chi connectivity index (χ3n) is 3.43. The van der Waals surface area contributed by atoms with Crippen LogP contribution in [0.2, 0.25) is 0 Å². The molecule has 0 spiro atoms. The highest BCUT2D eigenvalue weighted by molar-refractivity contribution is 5.80. The standard InChI is InChI=1S/C15H11FN4/c1-19-13-5-3-2-4-11(13)18-15(19)12-9-20-8-10(16)6-7-14(20)17-12/h2-9H,1H3. The Morgan fingerprint density at radius 3 is 2.70 bits per heavy atom. The highest BCUT2D eigenvalue weighted by Gasteiger charge is 2.12. The quantitative estimate of drug-likeness (QED) is 0.531. The zero-order valence-electron chi connectivity index (χ0n) is 10.8. The smallest absolute Gasteiger partial charge is 0.161 e. The predicted octanol–water partition coefficient (Wildman–Crippen LogP) is 3.03. The molecule has 4 rings (SSSR count). The first kappa shape index (κ1) is 11.2. The van der Waals surface area contributed by atoms with Gasteiger partial charge in [-0.3, -0.25) is 0 Å². The van der Waals surface area contributed by atoms with Crippen LogP contribution in [-0.2, 0) is 7.05 Å². The Morgan fingerprint density at radius 2 is 1.85 bits per heavy atom. The van der Waals surface area contributed by atoms with Crippen molar-refractivity contribution in [1.82, 2.24) is 18.9 Å². The second kappa shape index (κ2) is 3.90. The number of para-hydroxylation sites is 2. The summed E-state index contributed by atoms with van der Waals surface area (Å²) < 4.78 is 16.9. The van der Waals surface area contributed by atoms with E-state index in [1.165, 1.54) is 12.3 Å². The summed E-state index contributed by atoms with van der Waals surface area (Å²) in [6, 6.07) is 11.0. The second-order valence-corrected chi connectivity index (χ2v) is 4.72. The molecule has 0 aliphatic heterocycles. The molecule has 4 nitrogen and oxygen atoms in total. The minimum absolute atomic E-state index is 0.286. The summed E-state index contributed by atoms with van der Waals surface area (Å²) in [5.41, 5.74) is 3.40. The van der Waals surface area contributed by atoms with Gasteiger partial charge in [0.2, 0.25) is 0 Å². The van der Waals surface area contributed by atoms with Crippen LogP contribution in [-0.4, -0.2) is 18.9 Å². The maximum absolute atomic E-state index is 13.2. The monoisotopic (exact) mass is 266 g/mol. The highest BCUT2D eigenvalue weighted by atomic mass is 19.1. The van der Waals surface area contributed by atoms with Gasteiger partial charge < -0.3 is 8.97 Å². The summed E-state index contributed by atoms with van der Waals surface area (Å²) in [4.78, 5) is 9.09. The molecule has 3 aromatic heterocycles. The van der Waals surface area contributed by atoms with Crippen LogP contribution in [0.15, 0.2) is 48.8 Å². The third-order valence-corrected chi connectivity index (χ3v) is 3.43. The Morgan fingerprint density at radius 1 is 1.00 bits per heavy atom. The van der Waals surface area contributed by atoms with Gasteiger partial charge in [0.15, 0.2) is 5.82 Å². The number of imidazole rings is 2. The van der Waals surface area contributed by atoms with Gasteiger partial charge in [-0.25, -0.2) is 14.4 Å². The SMILES string of the molecule is Cn1c(-c2cn3cc(F)ccc3n2)nc2ccccc21. The number of benzene rings is 1. The van der Waals surface area contributed by atoms with Gasteiger partial charge in [0, 0.05) is 19.4 Å². The molecule has 1 aromatic carbocycles. The number of halogens is 1. The van der Waals surface area contributed by atoms with Crippen molar-refractivity contribution in [2.45, 2.75) is 0 Å². The first-order valence-electron chi connectivity index (χ1n) is 6.28. The molecule has 0 N–H and O–H groups in total. The fourth-order valence-corrected chi connectivity index (χ4v) is 2.45. The second-order valence-electron chi connectivity index (χ2n) is 4.72. The molecule has 5 heteroatoms. The number of pyridine rings is 1. The van der Waals surface area contributed by atoms with Crippen molar-refractivity contribution in [3.8, 4) is 11.5 Å². The van der Waals surface area contributed by atoms with E-state index in [2.05, 4.69) is 9.97 Å². The van der Waals surface area contributed by atoms with Crippen LogP contribution in [0.3, 0.4) is 0 Å². The number of rotatable bonds is 1. The zero-order valence-corrected chi connectivity index (χ0v) is 10.8. The summed E-state index contributed by atoms with van der Waals surface area (Å²) in [5.74, 6) is 0.488. The highest BCUT2D eigenvalue weighted by Crippen LogP contribution is 2.23. The van der Waals surface area contributed by atoms with E-state index in [1.54, 1.807) is 16.7 Å². The molecule has 0 saturated carbocycles. The van der Waals surface area contributed by atoms with Gasteiger partial charge in [-0.15, -0.1) is 0 Å². The Kier molecular flexibility index (Phi) is 2.18. The molecule has 20 heavy (non-hydrogen) atoms. The third kappa shape index (κ3) is 1.53. The number of nitrogens with zero attached hydrogens (tertiary/aromatic N) is 4. The molecule has 0 amide bonds. The van der Waals surface area contributed by atoms with Gasteiger partial charge >= 0.3 is 0 Å². The molecule has 98 valence electrons. The Balaban J connectivity index is 1.98. The molecular formula is C15H11FN4. The summed E-state index contributed by atoms with van der Waals surface area (Å²) in [5, 5.41) is 0. The fourth-order valence-electron chi connectivity index (χ4n) is 2.45. The predicted molar refractivity (Wildman–Crippen MR) is 74.9 cm³/mol. The summed E-state index contributed by atoms with van der Waals surface area (Å²) in [6.45, 7) is 0. The van der Waals surface area contributed by atoms with E-state index >= 15 is 0 Å². The lowest BCUT2D eigenvalue weighted by atomic mass is 10.3. The van der Waals surface area contributed by atoms with E-state index in [0.717, 1.165) is 22.6 Å². The molecule has 0 bridgehead atoms. The van der Waals surface area contributed by atoms with Crippen LogP contribution in [0.25, 0.3) is 28.2 Å². The lowest BCUT2D eigenvalue weighted by Crippen LogP contribution is -1.92. The van der Waals surface area contributed by atoms with Crippen LogP contribution in [0, 0.1) is 5.82 Å². The fraction of sp³-hybridized carbons (Fsp3) is 0.0667. The average Bonchev–Trinajstić information content (AvgIpc) is 3.00. The Labute approximate surface area is 114 Å².